The van der Waals surface area contributed by atoms with E-state index in [9.17, 15) is 4.79 Å². The van der Waals surface area contributed by atoms with Gasteiger partial charge in [-0.05, 0) is 41.9 Å². The van der Waals surface area contributed by atoms with E-state index in [1.807, 2.05) is 0 Å². The highest BCUT2D eigenvalue weighted by molar-refractivity contribution is 6.68. The number of carbonyl (C=O) groups is 1. The summed E-state index contributed by atoms with van der Waals surface area (Å²) < 4.78 is 5.45. The molecule has 0 N–H and O–H groups in total. The van der Waals surface area contributed by atoms with Crippen molar-refractivity contribution in [3.05, 3.63) is 52.1 Å². The van der Waals surface area contributed by atoms with Crippen LogP contribution in [0.25, 0.3) is 0 Å². The van der Waals surface area contributed by atoms with Gasteiger partial charge in [0.05, 0.1) is 10.6 Å². The molecule has 0 atom stereocenters. The zero-order chi connectivity index (χ0) is 13.1. The summed E-state index contributed by atoms with van der Waals surface area (Å²) in [6.45, 7) is 0. The quantitative estimate of drug-likeness (QED) is 0.780. The second kappa shape index (κ2) is 5.57. The number of nitrogens with zero attached hydrogens (tertiary/aromatic N) is 1. The highest BCUT2D eigenvalue weighted by Gasteiger charge is 2.13. The fraction of sp³-hybridized carbons (Fsp3) is 0. The van der Waals surface area contributed by atoms with Crippen LogP contribution >= 0.6 is 34.8 Å². The van der Waals surface area contributed by atoms with Gasteiger partial charge in [-0.3, -0.25) is 4.79 Å². The van der Waals surface area contributed by atoms with Crippen LogP contribution in [0.4, 0.5) is 0 Å². The Kier molecular flexibility index (Phi) is 4.07. The first-order valence-electron chi connectivity index (χ1n) is 4.85. The van der Waals surface area contributed by atoms with Crippen molar-refractivity contribution in [2.24, 2.45) is 0 Å². The van der Waals surface area contributed by atoms with Crippen LogP contribution in [0.5, 0.6) is 11.6 Å². The summed E-state index contributed by atoms with van der Waals surface area (Å²) in [5, 5.41) is 0.159. The first-order chi connectivity index (χ1) is 8.58. The van der Waals surface area contributed by atoms with E-state index in [0.29, 0.717) is 15.8 Å². The standard InChI is InChI=1S/C12H6Cl3NO2/c13-7-3-4-10(9(14)6-7)18-12-8(11(15)17)2-1-5-16-12/h1-6H. The molecule has 0 aliphatic heterocycles. The summed E-state index contributed by atoms with van der Waals surface area (Å²) in [5.41, 5.74) is 0.171. The van der Waals surface area contributed by atoms with Crippen molar-refractivity contribution in [2.75, 3.05) is 0 Å². The van der Waals surface area contributed by atoms with Gasteiger partial charge in [-0.2, -0.15) is 0 Å². The normalized spacial score (nSPS) is 10.2. The van der Waals surface area contributed by atoms with E-state index in [2.05, 4.69) is 4.98 Å². The first-order valence-corrected chi connectivity index (χ1v) is 5.99. The molecule has 0 saturated heterocycles. The van der Waals surface area contributed by atoms with Crippen LogP contribution < -0.4 is 4.74 Å². The van der Waals surface area contributed by atoms with E-state index in [1.54, 1.807) is 18.2 Å². The molecule has 3 nitrogen and oxygen atoms in total. The summed E-state index contributed by atoms with van der Waals surface area (Å²) in [4.78, 5) is 15.1. The number of aromatic nitrogens is 1. The molecule has 1 aromatic heterocycles. The Labute approximate surface area is 118 Å². The van der Waals surface area contributed by atoms with E-state index in [4.69, 9.17) is 39.5 Å². The van der Waals surface area contributed by atoms with E-state index in [1.165, 1.54) is 18.3 Å². The third-order valence-electron chi connectivity index (χ3n) is 2.08. The van der Waals surface area contributed by atoms with Crippen molar-refractivity contribution in [2.45, 2.75) is 0 Å². The number of rotatable bonds is 3. The average Bonchev–Trinajstić information content (AvgIpc) is 2.33. The van der Waals surface area contributed by atoms with Gasteiger partial charge in [0.2, 0.25) is 5.88 Å². The molecule has 1 heterocycles. The highest BCUT2D eigenvalue weighted by Crippen LogP contribution is 2.32. The van der Waals surface area contributed by atoms with Crippen molar-refractivity contribution >= 4 is 40.0 Å². The van der Waals surface area contributed by atoms with E-state index >= 15 is 0 Å². The number of benzene rings is 1. The molecule has 18 heavy (non-hydrogen) atoms. The van der Waals surface area contributed by atoms with Gasteiger partial charge in [0.15, 0.2) is 0 Å². The fourth-order valence-electron chi connectivity index (χ4n) is 1.28. The van der Waals surface area contributed by atoms with Crippen molar-refractivity contribution < 1.29 is 9.53 Å². The Morgan fingerprint density at radius 2 is 2.00 bits per heavy atom. The van der Waals surface area contributed by atoms with Gasteiger partial charge in [-0.1, -0.05) is 23.2 Å². The smallest absolute Gasteiger partial charge is 0.257 e. The summed E-state index contributed by atoms with van der Waals surface area (Å²) in [6, 6.07) is 7.84. The van der Waals surface area contributed by atoms with Crippen molar-refractivity contribution in [1.82, 2.24) is 4.98 Å². The van der Waals surface area contributed by atoms with Crippen molar-refractivity contribution in [3.8, 4) is 11.6 Å². The third-order valence-corrected chi connectivity index (χ3v) is 2.82. The Hall–Kier alpha value is -1.29. The van der Waals surface area contributed by atoms with Gasteiger partial charge >= 0.3 is 0 Å². The van der Waals surface area contributed by atoms with E-state index < -0.39 is 5.24 Å². The van der Waals surface area contributed by atoms with Crippen LogP contribution in [-0.2, 0) is 0 Å². The summed E-state index contributed by atoms with van der Waals surface area (Å²) in [7, 11) is 0. The molecule has 0 fully saturated rings. The predicted molar refractivity (Wildman–Crippen MR) is 71.0 cm³/mol. The lowest BCUT2D eigenvalue weighted by molar-refractivity contribution is 0.107. The minimum Gasteiger partial charge on any atom is -0.437 e. The Balaban J connectivity index is 2.37. The van der Waals surface area contributed by atoms with Gasteiger partial charge in [0, 0.05) is 11.2 Å². The molecule has 0 saturated carbocycles. The van der Waals surface area contributed by atoms with Crippen LogP contribution in [0.2, 0.25) is 10.0 Å². The molecule has 92 valence electrons. The minimum absolute atomic E-state index is 0.0988. The Morgan fingerprint density at radius 1 is 1.22 bits per heavy atom. The fourth-order valence-corrected chi connectivity index (χ4v) is 1.87. The maximum atomic E-state index is 11.2. The van der Waals surface area contributed by atoms with Gasteiger partial charge in [0.25, 0.3) is 5.24 Å². The molecule has 0 aliphatic carbocycles. The molecule has 1 aromatic carbocycles. The SMILES string of the molecule is O=C(Cl)c1cccnc1Oc1ccc(Cl)cc1Cl. The molecular weight excluding hydrogens is 296 g/mol. The average molecular weight is 303 g/mol. The number of carbonyl (C=O) groups excluding carboxylic acids is 1. The summed E-state index contributed by atoms with van der Waals surface area (Å²) >= 11 is 17.2. The monoisotopic (exact) mass is 301 g/mol. The van der Waals surface area contributed by atoms with Crippen LogP contribution in [0, 0.1) is 0 Å². The number of hydrogen-bond acceptors (Lipinski definition) is 3. The molecule has 6 heteroatoms. The highest BCUT2D eigenvalue weighted by atomic mass is 35.5. The number of pyridine rings is 1. The number of hydrogen-bond donors (Lipinski definition) is 0. The molecule has 2 rings (SSSR count). The maximum Gasteiger partial charge on any atom is 0.257 e. The van der Waals surface area contributed by atoms with Gasteiger partial charge in [-0.15, -0.1) is 0 Å². The third kappa shape index (κ3) is 2.93. The molecule has 0 amide bonds. The van der Waals surface area contributed by atoms with Crippen molar-refractivity contribution in [3.63, 3.8) is 0 Å². The number of halogens is 3. The number of ether oxygens (including phenoxy) is 1. The summed E-state index contributed by atoms with van der Waals surface area (Å²) in [6.07, 6.45) is 1.49. The molecule has 0 bridgehead atoms. The lowest BCUT2D eigenvalue weighted by Gasteiger charge is -2.08. The molecule has 2 aromatic rings. The maximum absolute atomic E-state index is 11.2. The topological polar surface area (TPSA) is 39.2 Å². The lowest BCUT2D eigenvalue weighted by atomic mass is 10.3. The van der Waals surface area contributed by atoms with Crippen molar-refractivity contribution in [1.29, 1.82) is 0 Å². The van der Waals surface area contributed by atoms with Crippen LogP contribution in [0.3, 0.4) is 0 Å². The second-order valence-electron chi connectivity index (χ2n) is 3.31. The van der Waals surface area contributed by atoms with Gasteiger partial charge in [-0.25, -0.2) is 4.98 Å². The second-order valence-corrected chi connectivity index (χ2v) is 4.49. The Bertz CT molecular complexity index is 602. The minimum atomic E-state index is -0.650. The summed E-state index contributed by atoms with van der Waals surface area (Å²) in [5.74, 6) is 0.445. The molecule has 0 spiro atoms. The van der Waals surface area contributed by atoms with E-state index in [-0.39, 0.29) is 11.4 Å². The van der Waals surface area contributed by atoms with Crippen LogP contribution in [0.1, 0.15) is 10.4 Å². The van der Waals surface area contributed by atoms with Crippen LogP contribution in [-0.4, -0.2) is 10.2 Å². The molecule has 0 radical (unpaired) electrons. The molecular formula is C12H6Cl3NO2. The lowest BCUT2D eigenvalue weighted by Crippen LogP contribution is -1.97. The molecule has 0 unspecified atom stereocenters. The van der Waals surface area contributed by atoms with E-state index in [0.717, 1.165) is 0 Å². The Morgan fingerprint density at radius 3 is 2.67 bits per heavy atom. The predicted octanol–water partition coefficient (Wildman–Crippen LogP) is 4.56. The van der Waals surface area contributed by atoms with Gasteiger partial charge < -0.3 is 4.74 Å². The first kappa shape index (κ1) is 13.1. The zero-order valence-corrected chi connectivity index (χ0v) is 11.1. The zero-order valence-electron chi connectivity index (χ0n) is 8.86. The van der Waals surface area contributed by atoms with Gasteiger partial charge in [0.1, 0.15) is 5.75 Å². The largest absolute Gasteiger partial charge is 0.437 e. The molecule has 0 aliphatic rings. The van der Waals surface area contributed by atoms with Crippen LogP contribution in [0.15, 0.2) is 36.5 Å².